The predicted octanol–water partition coefficient (Wildman–Crippen LogP) is 2.55. The first-order chi connectivity index (χ1) is 7.58. The molecule has 0 atom stereocenters. The van der Waals surface area contributed by atoms with Gasteiger partial charge >= 0.3 is 5.97 Å². The number of carbonyl (C=O) groups is 1. The number of carbonyl (C=O) groups excluding carboxylic acids is 1. The van der Waals surface area contributed by atoms with E-state index in [1.54, 1.807) is 13.0 Å². The summed E-state index contributed by atoms with van der Waals surface area (Å²) >= 11 is 0. The number of nitrogens with zero attached hydrogens (tertiary/aromatic N) is 1. The monoisotopic (exact) mass is 225 g/mol. The molecule has 1 rings (SSSR count). The van der Waals surface area contributed by atoms with Crippen LogP contribution in [-0.2, 0) is 4.84 Å². The minimum absolute atomic E-state index is 0.0301. The van der Waals surface area contributed by atoms with E-state index in [1.807, 2.05) is 13.8 Å². The molecular weight excluding hydrogens is 209 g/mol. The summed E-state index contributed by atoms with van der Waals surface area (Å²) < 4.78 is 13.4. The lowest BCUT2D eigenvalue weighted by atomic mass is 10.1. The fraction of sp³-hybridized carbons (Fsp3) is 0.417. The molecule has 0 saturated heterocycles. The number of rotatable bonds is 4. The zero-order valence-electron chi connectivity index (χ0n) is 9.79. The molecule has 0 aliphatic heterocycles. The Labute approximate surface area is 94.8 Å². The van der Waals surface area contributed by atoms with Gasteiger partial charge in [0, 0.05) is 13.1 Å². The Balaban J connectivity index is 2.80. The summed E-state index contributed by atoms with van der Waals surface area (Å²) in [6.45, 7) is 6.65. The average Bonchev–Trinajstić information content (AvgIpc) is 2.25. The van der Waals surface area contributed by atoms with Gasteiger partial charge in [0.1, 0.15) is 5.82 Å². The highest BCUT2D eigenvalue weighted by Crippen LogP contribution is 2.11. The molecule has 0 fully saturated rings. The van der Waals surface area contributed by atoms with Crippen LogP contribution in [0.1, 0.15) is 29.8 Å². The Morgan fingerprint density at radius 1 is 1.38 bits per heavy atom. The van der Waals surface area contributed by atoms with Crippen molar-refractivity contribution < 1.29 is 14.0 Å². The van der Waals surface area contributed by atoms with E-state index in [0.29, 0.717) is 13.1 Å². The fourth-order valence-corrected chi connectivity index (χ4v) is 1.30. The Morgan fingerprint density at radius 3 is 2.50 bits per heavy atom. The molecule has 16 heavy (non-hydrogen) atoms. The van der Waals surface area contributed by atoms with Gasteiger partial charge < -0.3 is 4.84 Å². The molecular formula is C12H16FNO2. The van der Waals surface area contributed by atoms with E-state index in [1.165, 1.54) is 17.2 Å². The highest BCUT2D eigenvalue weighted by atomic mass is 19.1. The van der Waals surface area contributed by atoms with Crippen molar-refractivity contribution in [2.24, 2.45) is 0 Å². The number of aryl methyl sites for hydroxylation is 1. The van der Waals surface area contributed by atoms with Gasteiger partial charge in [-0.1, -0.05) is 6.07 Å². The molecule has 1 aromatic carbocycles. The van der Waals surface area contributed by atoms with E-state index in [-0.39, 0.29) is 5.56 Å². The van der Waals surface area contributed by atoms with E-state index in [4.69, 9.17) is 4.84 Å². The van der Waals surface area contributed by atoms with Crippen LogP contribution in [0, 0.1) is 12.7 Å². The van der Waals surface area contributed by atoms with Crippen molar-refractivity contribution in [2.45, 2.75) is 20.8 Å². The SMILES string of the molecule is CCN(CC)OC(=O)c1ccc(C)cc1F. The second-order valence-electron chi connectivity index (χ2n) is 3.48. The fourth-order valence-electron chi connectivity index (χ4n) is 1.30. The van der Waals surface area contributed by atoms with E-state index in [0.717, 1.165) is 5.56 Å². The normalized spacial score (nSPS) is 10.6. The van der Waals surface area contributed by atoms with Crippen LogP contribution < -0.4 is 0 Å². The van der Waals surface area contributed by atoms with Crippen LogP contribution in [0.5, 0.6) is 0 Å². The molecule has 0 bridgehead atoms. The quantitative estimate of drug-likeness (QED) is 0.737. The first kappa shape index (κ1) is 12.6. The summed E-state index contributed by atoms with van der Waals surface area (Å²) in [5, 5.41) is 1.47. The van der Waals surface area contributed by atoms with Crippen molar-refractivity contribution in [3.63, 3.8) is 0 Å². The highest BCUT2D eigenvalue weighted by molar-refractivity contribution is 5.89. The lowest BCUT2D eigenvalue weighted by molar-refractivity contribution is -0.103. The zero-order chi connectivity index (χ0) is 12.1. The smallest absolute Gasteiger partial charge is 0.360 e. The molecule has 4 heteroatoms. The van der Waals surface area contributed by atoms with Crippen molar-refractivity contribution in [3.8, 4) is 0 Å². The minimum atomic E-state index is -0.652. The third-order valence-corrected chi connectivity index (χ3v) is 2.26. The maximum Gasteiger partial charge on any atom is 0.360 e. The summed E-state index contributed by atoms with van der Waals surface area (Å²) in [5.41, 5.74) is 0.745. The molecule has 0 heterocycles. The van der Waals surface area contributed by atoms with E-state index in [9.17, 15) is 9.18 Å². The molecule has 0 N–H and O–H groups in total. The van der Waals surface area contributed by atoms with Crippen molar-refractivity contribution in [1.82, 2.24) is 5.06 Å². The van der Waals surface area contributed by atoms with E-state index >= 15 is 0 Å². The van der Waals surface area contributed by atoms with Crippen molar-refractivity contribution in [2.75, 3.05) is 13.1 Å². The standard InChI is InChI=1S/C12H16FNO2/c1-4-14(5-2)16-12(15)10-7-6-9(3)8-11(10)13/h6-8H,4-5H2,1-3H3. The Kier molecular flexibility index (Phi) is 4.43. The van der Waals surface area contributed by atoms with Crippen LogP contribution in [0.4, 0.5) is 4.39 Å². The number of benzene rings is 1. The van der Waals surface area contributed by atoms with Crippen molar-refractivity contribution in [1.29, 1.82) is 0 Å². The van der Waals surface area contributed by atoms with Crippen LogP contribution in [0.2, 0.25) is 0 Å². The van der Waals surface area contributed by atoms with Gasteiger partial charge in [-0.05, 0) is 38.5 Å². The third-order valence-electron chi connectivity index (χ3n) is 2.26. The molecule has 88 valence electrons. The first-order valence-corrected chi connectivity index (χ1v) is 5.31. The average molecular weight is 225 g/mol. The van der Waals surface area contributed by atoms with Crippen LogP contribution in [0.3, 0.4) is 0 Å². The van der Waals surface area contributed by atoms with Crippen molar-refractivity contribution >= 4 is 5.97 Å². The maximum absolute atomic E-state index is 13.4. The molecule has 0 aromatic heterocycles. The molecule has 0 amide bonds. The van der Waals surface area contributed by atoms with Gasteiger partial charge in [-0.2, -0.15) is 0 Å². The largest absolute Gasteiger partial charge is 0.364 e. The third kappa shape index (κ3) is 3.03. The lowest BCUT2D eigenvalue weighted by Gasteiger charge is -2.17. The molecule has 0 aliphatic rings. The molecule has 1 aromatic rings. The van der Waals surface area contributed by atoms with Gasteiger partial charge in [0.25, 0.3) is 0 Å². The molecule has 0 unspecified atom stereocenters. The van der Waals surface area contributed by atoms with Gasteiger partial charge in [0.2, 0.25) is 0 Å². The lowest BCUT2D eigenvalue weighted by Crippen LogP contribution is -2.27. The molecule has 0 aliphatic carbocycles. The van der Waals surface area contributed by atoms with Gasteiger partial charge in [0.15, 0.2) is 0 Å². The summed E-state index contributed by atoms with van der Waals surface area (Å²) in [7, 11) is 0. The van der Waals surface area contributed by atoms with Crippen molar-refractivity contribution in [3.05, 3.63) is 35.1 Å². The molecule has 0 spiro atoms. The highest BCUT2D eigenvalue weighted by Gasteiger charge is 2.15. The van der Waals surface area contributed by atoms with Crippen LogP contribution in [0.25, 0.3) is 0 Å². The van der Waals surface area contributed by atoms with Crippen LogP contribution in [-0.4, -0.2) is 24.1 Å². The Morgan fingerprint density at radius 2 is 2.00 bits per heavy atom. The van der Waals surface area contributed by atoms with Gasteiger partial charge in [-0.15, -0.1) is 5.06 Å². The number of hydroxylamine groups is 2. The first-order valence-electron chi connectivity index (χ1n) is 5.31. The van der Waals surface area contributed by atoms with E-state index < -0.39 is 11.8 Å². The predicted molar refractivity (Wildman–Crippen MR) is 59.5 cm³/mol. The van der Waals surface area contributed by atoms with Crippen LogP contribution >= 0.6 is 0 Å². The van der Waals surface area contributed by atoms with Crippen LogP contribution in [0.15, 0.2) is 18.2 Å². The second kappa shape index (κ2) is 5.61. The Bertz CT molecular complexity index is 375. The number of hydrogen-bond donors (Lipinski definition) is 0. The van der Waals surface area contributed by atoms with Gasteiger partial charge in [-0.25, -0.2) is 9.18 Å². The topological polar surface area (TPSA) is 29.5 Å². The summed E-state index contributed by atoms with van der Waals surface area (Å²) in [6, 6.07) is 4.44. The minimum Gasteiger partial charge on any atom is -0.364 e. The van der Waals surface area contributed by atoms with Gasteiger partial charge in [0.05, 0.1) is 5.56 Å². The summed E-state index contributed by atoms with van der Waals surface area (Å²) in [5.74, 6) is -1.20. The summed E-state index contributed by atoms with van der Waals surface area (Å²) in [4.78, 5) is 16.6. The maximum atomic E-state index is 13.4. The second-order valence-corrected chi connectivity index (χ2v) is 3.48. The molecule has 3 nitrogen and oxygen atoms in total. The van der Waals surface area contributed by atoms with E-state index in [2.05, 4.69) is 0 Å². The molecule has 0 saturated carbocycles. The molecule has 0 radical (unpaired) electrons. The summed E-state index contributed by atoms with van der Waals surface area (Å²) in [6.07, 6.45) is 0. The number of halogens is 1. The number of hydrogen-bond acceptors (Lipinski definition) is 3. The Hall–Kier alpha value is -1.42. The zero-order valence-corrected chi connectivity index (χ0v) is 9.79. The van der Waals surface area contributed by atoms with Gasteiger partial charge in [-0.3, -0.25) is 0 Å².